The highest BCUT2D eigenvalue weighted by molar-refractivity contribution is 5.98. The van der Waals surface area contributed by atoms with Crippen LogP contribution in [-0.2, 0) is 40.0 Å². The number of primary amides is 1. The molecular weight excluding hydrogens is 588 g/mol. The van der Waals surface area contributed by atoms with Gasteiger partial charge in [-0.1, -0.05) is 32.9 Å². The standard InChI is InChI=1S/C30H48N6O9/c1-6-16-43-17-13-25(38)35-26(20(2)3)28(40)34-24(8-7-14-32-29(31)41)27(39)33-23-11-9-22(10-12-23)19-45-30(42)36(5)15-18-44-21(4)37/h9-12,20,24,26H,6-8,13-19H2,1-5H3,(H,33,39)(H,34,40)(H,35,38)(H3,31,32,41)/t24-,26-/m0/s1. The Bertz CT molecular complexity index is 1110. The Balaban J connectivity index is 2.82. The van der Waals surface area contributed by atoms with Crippen molar-refractivity contribution in [1.82, 2.24) is 20.9 Å². The lowest BCUT2D eigenvalue weighted by Crippen LogP contribution is -2.54. The molecule has 15 nitrogen and oxygen atoms in total. The SMILES string of the molecule is CCCOCCC(=O)N[C@H](C(=O)N[C@@H](CCCNC(N)=O)C(=O)Nc1ccc(COC(=O)N(C)CCOC(C)=O)cc1)C(C)C. The van der Waals surface area contributed by atoms with Gasteiger partial charge < -0.3 is 46.1 Å². The fraction of sp³-hybridized carbons (Fsp3) is 0.600. The van der Waals surface area contributed by atoms with Gasteiger partial charge in [0.1, 0.15) is 25.3 Å². The number of carbonyl (C=O) groups excluding carboxylic acids is 6. The van der Waals surface area contributed by atoms with Gasteiger partial charge in [0, 0.05) is 39.2 Å². The van der Waals surface area contributed by atoms with Gasteiger partial charge >= 0.3 is 18.1 Å². The number of esters is 1. The van der Waals surface area contributed by atoms with Crippen molar-refractivity contribution in [2.24, 2.45) is 11.7 Å². The number of anilines is 1. The third-order valence-corrected chi connectivity index (χ3v) is 6.32. The predicted octanol–water partition coefficient (Wildman–Crippen LogP) is 1.65. The van der Waals surface area contributed by atoms with E-state index >= 15 is 0 Å². The fourth-order valence-corrected chi connectivity index (χ4v) is 3.83. The molecule has 15 heteroatoms. The molecule has 0 bridgehead atoms. The summed E-state index contributed by atoms with van der Waals surface area (Å²) in [5, 5.41) is 10.7. The highest BCUT2D eigenvalue weighted by Gasteiger charge is 2.28. The molecule has 252 valence electrons. The van der Waals surface area contributed by atoms with Gasteiger partial charge in [0.05, 0.1) is 13.2 Å². The Hall–Kier alpha value is -4.40. The molecular formula is C30H48N6O9. The van der Waals surface area contributed by atoms with Crippen molar-refractivity contribution in [2.45, 2.75) is 72.1 Å². The van der Waals surface area contributed by atoms with Crippen LogP contribution >= 0.6 is 0 Å². The average molecular weight is 637 g/mol. The Morgan fingerprint density at radius 2 is 1.62 bits per heavy atom. The molecule has 0 unspecified atom stereocenters. The summed E-state index contributed by atoms with van der Waals surface area (Å²) in [7, 11) is 1.52. The van der Waals surface area contributed by atoms with Crippen molar-refractivity contribution < 1.29 is 43.0 Å². The number of nitrogens with one attached hydrogen (secondary N) is 4. The van der Waals surface area contributed by atoms with Gasteiger partial charge in [-0.2, -0.15) is 0 Å². The average Bonchev–Trinajstić information content (AvgIpc) is 2.98. The second-order valence-corrected chi connectivity index (χ2v) is 10.6. The first-order valence-electron chi connectivity index (χ1n) is 15.0. The molecule has 1 rings (SSSR count). The molecule has 6 N–H and O–H groups in total. The molecule has 45 heavy (non-hydrogen) atoms. The number of nitrogens with two attached hydrogens (primary N) is 1. The van der Waals surface area contributed by atoms with E-state index < -0.39 is 42.0 Å². The van der Waals surface area contributed by atoms with E-state index in [4.69, 9.17) is 19.9 Å². The third-order valence-electron chi connectivity index (χ3n) is 6.32. The number of benzene rings is 1. The Morgan fingerprint density at radius 3 is 2.22 bits per heavy atom. The van der Waals surface area contributed by atoms with Crippen LogP contribution in [0.25, 0.3) is 0 Å². The maximum Gasteiger partial charge on any atom is 0.409 e. The number of hydrogen-bond acceptors (Lipinski definition) is 9. The van der Waals surface area contributed by atoms with Gasteiger partial charge in [-0.15, -0.1) is 0 Å². The molecule has 0 saturated carbocycles. The van der Waals surface area contributed by atoms with Crippen molar-refractivity contribution in [3.8, 4) is 0 Å². The van der Waals surface area contributed by atoms with Gasteiger partial charge in [-0.25, -0.2) is 9.59 Å². The van der Waals surface area contributed by atoms with Crippen LogP contribution in [0.3, 0.4) is 0 Å². The summed E-state index contributed by atoms with van der Waals surface area (Å²) in [5.41, 5.74) is 6.22. The maximum atomic E-state index is 13.2. The number of likely N-dealkylation sites (N-methyl/N-ethyl adjacent to an activating group) is 1. The lowest BCUT2D eigenvalue weighted by molar-refractivity contribution is -0.141. The molecule has 6 amide bonds. The first kappa shape index (κ1) is 38.6. The molecule has 0 radical (unpaired) electrons. The summed E-state index contributed by atoms with van der Waals surface area (Å²) in [4.78, 5) is 74.2. The van der Waals surface area contributed by atoms with Gasteiger partial charge in [0.2, 0.25) is 17.7 Å². The van der Waals surface area contributed by atoms with Crippen molar-refractivity contribution in [1.29, 1.82) is 0 Å². The van der Waals surface area contributed by atoms with E-state index in [0.29, 0.717) is 24.3 Å². The van der Waals surface area contributed by atoms with Crippen LogP contribution in [0.5, 0.6) is 0 Å². The summed E-state index contributed by atoms with van der Waals surface area (Å²) in [6.45, 7) is 7.99. The number of rotatable bonds is 20. The molecule has 0 saturated heterocycles. The number of hydrogen-bond donors (Lipinski definition) is 5. The molecule has 0 aliphatic carbocycles. The van der Waals surface area contributed by atoms with E-state index in [2.05, 4.69) is 21.3 Å². The van der Waals surface area contributed by atoms with Crippen molar-refractivity contribution >= 4 is 41.5 Å². The topological polar surface area (TPSA) is 207 Å². The molecule has 0 heterocycles. The smallest absolute Gasteiger partial charge is 0.409 e. The molecule has 0 fully saturated rings. The minimum Gasteiger partial charge on any atom is -0.464 e. The number of ether oxygens (including phenoxy) is 3. The number of amides is 6. The molecule has 1 aromatic rings. The van der Waals surface area contributed by atoms with E-state index in [1.165, 1.54) is 18.9 Å². The highest BCUT2D eigenvalue weighted by Crippen LogP contribution is 2.13. The molecule has 0 aromatic heterocycles. The lowest BCUT2D eigenvalue weighted by Gasteiger charge is -2.25. The summed E-state index contributed by atoms with van der Waals surface area (Å²) in [5.74, 6) is -2.07. The van der Waals surface area contributed by atoms with Crippen LogP contribution in [0.2, 0.25) is 0 Å². The minimum absolute atomic E-state index is 0.0243. The van der Waals surface area contributed by atoms with Gasteiger partial charge in [-0.05, 0) is 42.9 Å². The highest BCUT2D eigenvalue weighted by atomic mass is 16.6. The molecule has 1 aromatic carbocycles. The van der Waals surface area contributed by atoms with E-state index in [1.807, 2.05) is 6.92 Å². The second kappa shape index (κ2) is 21.3. The molecule has 2 atom stereocenters. The van der Waals surface area contributed by atoms with Gasteiger partial charge in [0.25, 0.3) is 0 Å². The van der Waals surface area contributed by atoms with Crippen LogP contribution in [0.1, 0.15) is 58.9 Å². The van der Waals surface area contributed by atoms with Crippen molar-refractivity contribution in [3.05, 3.63) is 29.8 Å². The van der Waals surface area contributed by atoms with Gasteiger partial charge in [-0.3, -0.25) is 19.2 Å². The normalized spacial score (nSPS) is 12.0. The second-order valence-electron chi connectivity index (χ2n) is 10.6. The van der Waals surface area contributed by atoms with Crippen LogP contribution in [-0.4, -0.2) is 92.8 Å². The third kappa shape index (κ3) is 16.9. The van der Waals surface area contributed by atoms with Crippen LogP contribution in [0.4, 0.5) is 15.3 Å². The Labute approximate surface area is 264 Å². The molecule has 0 aliphatic heterocycles. The zero-order valence-electron chi connectivity index (χ0n) is 26.8. The van der Waals surface area contributed by atoms with Crippen LogP contribution < -0.4 is 27.0 Å². The monoisotopic (exact) mass is 636 g/mol. The minimum atomic E-state index is -0.985. The van der Waals surface area contributed by atoms with Crippen molar-refractivity contribution in [3.63, 3.8) is 0 Å². The number of carbonyl (C=O) groups is 6. The lowest BCUT2D eigenvalue weighted by atomic mass is 10.0. The van der Waals surface area contributed by atoms with E-state index in [1.54, 1.807) is 38.1 Å². The molecule has 0 spiro atoms. The summed E-state index contributed by atoms with van der Waals surface area (Å²) in [6.07, 6.45) is 0.857. The Kier molecular flexibility index (Phi) is 18.3. The van der Waals surface area contributed by atoms with Crippen LogP contribution in [0, 0.1) is 5.92 Å². The predicted molar refractivity (Wildman–Crippen MR) is 166 cm³/mol. The number of nitrogens with zero attached hydrogens (tertiary/aromatic N) is 1. The van der Waals surface area contributed by atoms with E-state index in [-0.39, 0.29) is 57.6 Å². The summed E-state index contributed by atoms with van der Waals surface area (Å²) >= 11 is 0. The van der Waals surface area contributed by atoms with E-state index in [0.717, 1.165) is 6.42 Å². The van der Waals surface area contributed by atoms with E-state index in [9.17, 15) is 28.8 Å². The quantitative estimate of drug-likeness (QED) is 0.104. The van der Waals surface area contributed by atoms with Gasteiger partial charge in [0.15, 0.2) is 0 Å². The van der Waals surface area contributed by atoms with Crippen LogP contribution in [0.15, 0.2) is 24.3 Å². The molecule has 0 aliphatic rings. The number of urea groups is 1. The first-order valence-corrected chi connectivity index (χ1v) is 15.0. The summed E-state index contributed by atoms with van der Waals surface area (Å²) < 4.78 is 15.4. The maximum absolute atomic E-state index is 13.2. The summed E-state index contributed by atoms with van der Waals surface area (Å²) in [6, 6.07) is 4.01. The fourth-order valence-electron chi connectivity index (χ4n) is 3.83. The largest absolute Gasteiger partial charge is 0.464 e. The zero-order chi connectivity index (χ0) is 33.8. The van der Waals surface area contributed by atoms with Crippen molar-refractivity contribution in [2.75, 3.05) is 45.3 Å². The Morgan fingerprint density at radius 1 is 0.933 bits per heavy atom. The first-order chi connectivity index (χ1) is 21.3. The zero-order valence-corrected chi connectivity index (χ0v) is 26.8.